The first-order valence-corrected chi connectivity index (χ1v) is 7.59. The van der Waals surface area contributed by atoms with Crippen molar-refractivity contribution in [1.29, 1.82) is 0 Å². The fraction of sp³-hybridized carbons (Fsp3) is 0.538. The molecule has 100 valence electrons. The molecule has 0 radical (unpaired) electrons. The van der Waals surface area contributed by atoms with E-state index in [9.17, 15) is 8.42 Å². The lowest BCUT2D eigenvalue weighted by atomic mass is 10.2. The predicted molar refractivity (Wildman–Crippen MR) is 74.4 cm³/mol. The van der Waals surface area contributed by atoms with Crippen molar-refractivity contribution in [2.24, 2.45) is 0 Å². The summed E-state index contributed by atoms with van der Waals surface area (Å²) < 4.78 is 26.1. The van der Waals surface area contributed by atoms with Crippen LogP contribution in [0.4, 0.5) is 5.69 Å². The third-order valence-electron chi connectivity index (χ3n) is 3.41. The number of anilines is 1. The smallest absolute Gasteiger partial charge is 0.241 e. The van der Waals surface area contributed by atoms with Crippen LogP contribution in [-0.4, -0.2) is 32.8 Å². The van der Waals surface area contributed by atoms with Crippen molar-refractivity contribution < 1.29 is 8.42 Å². The minimum atomic E-state index is -3.34. The van der Waals surface area contributed by atoms with E-state index in [0.717, 1.165) is 11.3 Å². The summed E-state index contributed by atoms with van der Waals surface area (Å²) in [6.45, 7) is 7.12. The van der Waals surface area contributed by atoms with E-state index in [0.29, 0.717) is 19.6 Å². The first-order chi connectivity index (χ1) is 8.36. The molecule has 0 spiro atoms. The standard InChI is InChI=1S/C13H20N2O2S/c1-11-6-4-5-7-12(11)15-9-8-14-10-13(2,3)18(15,16)17/h4-7,14H,8-10H2,1-3H3. The van der Waals surface area contributed by atoms with Gasteiger partial charge in [0, 0.05) is 19.6 Å². The summed E-state index contributed by atoms with van der Waals surface area (Å²) in [5.41, 5.74) is 1.77. The first kappa shape index (κ1) is 13.4. The van der Waals surface area contributed by atoms with Crippen LogP contribution in [0, 0.1) is 6.92 Å². The number of para-hydroxylation sites is 1. The van der Waals surface area contributed by atoms with E-state index in [1.54, 1.807) is 18.2 Å². The molecule has 1 aliphatic heterocycles. The Morgan fingerprint density at radius 3 is 2.61 bits per heavy atom. The number of hydrogen-bond donors (Lipinski definition) is 1. The predicted octanol–water partition coefficient (Wildman–Crippen LogP) is 1.51. The summed E-state index contributed by atoms with van der Waals surface area (Å²) in [6, 6.07) is 7.61. The zero-order chi connectivity index (χ0) is 13.4. The minimum Gasteiger partial charge on any atom is -0.313 e. The van der Waals surface area contributed by atoms with Gasteiger partial charge in [-0.15, -0.1) is 0 Å². The highest BCUT2D eigenvalue weighted by atomic mass is 32.2. The van der Waals surface area contributed by atoms with E-state index in [-0.39, 0.29) is 0 Å². The highest BCUT2D eigenvalue weighted by Crippen LogP contribution is 2.29. The SMILES string of the molecule is Cc1ccccc1N1CCNCC(C)(C)S1(=O)=O. The zero-order valence-electron chi connectivity index (χ0n) is 11.1. The van der Waals surface area contributed by atoms with Crippen molar-refractivity contribution in [3.8, 4) is 0 Å². The van der Waals surface area contributed by atoms with Gasteiger partial charge in [-0.1, -0.05) is 18.2 Å². The number of hydrogen-bond acceptors (Lipinski definition) is 3. The van der Waals surface area contributed by atoms with Crippen LogP contribution in [0.1, 0.15) is 19.4 Å². The molecule has 1 aliphatic rings. The van der Waals surface area contributed by atoms with Crippen LogP contribution >= 0.6 is 0 Å². The molecule has 0 amide bonds. The second kappa shape index (κ2) is 4.55. The van der Waals surface area contributed by atoms with Gasteiger partial charge < -0.3 is 5.32 Å². The maximum absolute atomic E-state index is 12.7. The molecule has 2 rings (SSSR count). The third kappa shape index (κ3) is 2.12. The Morgan fingerprint density at radius 2 is 1.94 bits per heavy atom. The molecule has 0 aliphatic carbocycles. The van der Waals surface area contributed by atoms with Crippen LogP contribution in [0.3, 0.4) is 0 Å². The monoisotopic (exact) mass is 268 g/mol. The molecule has 1 heterocycles. The molecule has 1 fully saturated rings. The Kier molecular flexibility index (Phi) is 3.38. The van der Waals surface area contributed by atoms with Crippen LogP contribution in [-0.2, 0) is 10.0 Å². The molecule has 0 atom stereocenters. The number of aryl methyl sites for hydroxylation is 1. The van der Waals surface area contributed by atoms with Crippen molar-refractivity contribution in [2.45, 2.75) is 25.5 Å². The molecular formula is C13H20N2O2S. The average Bonchev–Trinajstić information content (AvgIpc) is 2.39. The van der Waals surface area contributed by atoms with Crippen molar-refractivity contribution in [1.82, 2.24) is 5.32 Å². The van der Waals surface area contributed by atoms with Crippen LogP contribution in [0.2, 0.25) is 0 Å². The molecule has 0 bridgehead atoms. The summed E-state index contributed by atoms with van der Waals surface area (Å²) in [6.07, 6.45) is 0. The molecule has 1 aromatic carbocycles. The second-order valence-electron chi connectivity index (χ2n) is 5.30. The quantitative estimate of drug-likeness (QED) is 0.840. The number of nitrogens with one attached hydrogen (secondary N) is 1. The third-order valence-corrected chi connectivity index (χ3v) is 5.92. The fourth-order valence-corrected chi connectivity index (χ4v) is 3.85. The Bertz CT molecular complexity index is 538. The maximum atomic E-state index is 12.7. The Labute approximate surface area is 109 Å². The second-order valence-corrected chi connectivity index (χ2v) is 7.80. The van der Waals surface area contributed by atoms with Crippen molar-refractivity contribution in [2.75, 3.05) is 23.9 Å². The van der Waals surface area contributed by atoms with Crippen LogP contribution < -0.4 is 9.62 Å². The molecule has 5 heteroatoms. The number of benzene rings is 1. The van der Waals surface area contributed by atoms with Gasteiger partial charge in [-0.3, -0.25) is 4.31 Å². The average molecular weight is 268 g/mol. The molecule has 1 aromatic rings. The summed E-state index contributed by atoms with van der Waals surface area (Å²) >= 11 is 0. The number of sulfonamides is 1. The molecule has 4 nitrogen and oxygen atoms in total. The summed E-state index contributed by atoms with van der Waals surface area (Å²) in [5.74, 6) is 0. The van der Waals surface area contributed by atoms with Crippen LogP contribution in [0.25, 0.3) is 0 Å². The maximum Gasteiger partial charge on any atom is 0.241 e. The topological polar surface area (TPSA) is 49.4 Å². The first-order valence-electron chi connectivity index (χ1n) is 6.15. The van der Waals surface area contributed by atoms with Gasteiger partial charge in [0.1, 0.15) is 0 Å². The van der Waals surface area contributed by atoms with E-state index < -0.39 is 14.8 Å². The highest BCUT2D eigenvalue weighted by molar-refractivity contribution is 7.94. The van der Waals surface area contributed by atoms with Crippen molar-refractivity contribution in [3.63, 3.8) is 0 Å². The number of rotatable bonds is 1. The van der Waals surface area contributed by atoms with E-state index in [4.69, 9.17) is 0 Å². The van der Waals surface area contributed by atoms with Gasteiger partial charge in [-0.25, -0.2) is 8.42 Å². The van der Waals surface area contributed by atoms with Crippen LogP contribution in [0.5, 0.6) is 0 Å². The van der Waals surface area contributed by atoms with Crippen molar-refractivity contribution in [3.05, 3.63) is 29.8 Å². The molecule has 0 aromatic heterocycles. The van der Waals surface area contributed by atoms with Gasteiger partial charge >= 0.3 is 0 Å². The largest absolute Gasteiger partial charge is 0.313 e. The lowest BCUT2D eigenvalue weighted by molar-refractivity contribution is 0.535. The number of nitrogens with zero attached hydrogens (tertiary/aromatic N) is 1. The fourth-order valence-electron chi connectivity index (χ4n) is 2.17. The van der Waals surface area contributed by atoms with Gasteiger partial charge in [0.15, 0.2) is 0 Å². The Hall–Kier alpha value is -1.07. The lowest BCUT2D eigenvalue weighted by Gasteiger charge is -2.31. The van der Waals surface area contributed by atoms with E-state index >= 15 is 0 Å². The Morgan fingerprint density at radius 1 is 1.28 bits per heavy atom. The van der Waals surface area contributed by atoms with Crippen LogP contribution in [0.15, 0.2) is 24.3 Å². The van der Waals surface area contributed by atoms with E-state index in [2.05, 4.69) is 5.32 Å². The van der Waals surface area contributed by atoms with Gasteiger partial charge in [0.25, 0.3) is 0 Å². The van der Waals surface area contributed by atoms with Gasteiger partial charge in [-0.05, 0) is 32.4 Å². The normalized spacial score (nSPS) is 22.5. The molecule has 18 heavy (non-hydrogen) atoms. The Balaban J connectivity index is 2.52. The summed E-state index contributed by atoms with van der Waals surface area (Å²) in [5, 5.41) is 3.19. The van der Waals surface area contributed by atoms with Crippen molar-refractivity contribution >= 4 is 15.7 Å². The minimum absolute atomic E-state index is 0.483. The van der Waals surface area contributed by atoms with E-state index in [1.165, 1.54) is 0 Å². The molecular weight excluding hydrogens is 248 g/mol. The summed E-state index contributed by atoms with van der Waals surface area (Å²) in [4.78, 5) is 0. The molecule has 1 N–H and O–H groups in total. The van der Waals surface area contributed by atoms with Gasteiger partial charge in [-0.2, -0.15) is 0 Å². The van der Waals surface area contributed by atoms with E-state index in [1.807, 2.05) is 31.2 Å². The molecule has 0 saturated carbocycles. The lowest BCUT2D eigenvalue weighted by Crippen LogP contribution is -2.46. The summed E-state index contributed by atoms with van der Waals surface area (Å²) in [7, 11) is -3.34. The van der Waals surface area contributed by atoms with Gasteiger partial charge in [0.2, 0.25) is 10.0 Å². The highest BCUT2D eigenvalue weighted by Gasteiger charge is 2.41. The molecule has 1 saturated heterocycles. The molecule has 0 unspecified atom stereocenters. The van der Waals surface area contributed by atoms with Gasteiger partial charge in [0.05, 0.1) is 10.4 Å². The zero-order valence-corrected chi connectivity index (χ0v) is 11.9.